The highest BCUT2D eigenvalue weighted by Crippen LogP contribution is 2.18. The first-order valence-corrected chi connectivity index (χ1v) is 8.89. The number of esters is 2. The molecule has 0 unspecified atom stereocenters. The maximum atomic E-state index is 11.8. The van der Waals surface area contributed by atoms with E-state index in [1.807, 2.05) is 0 Å². The average molecular weight is 379 g/mol. The van der Waals surface area contributed by atoms with Crippen molar-refractivity contribution in [3.8, 4) is 0 Å². The summed E-state index contributed by atoms with van der Waals surface area (Å²) in [6, 6.07) is 4.60. The summed E-state index contributed by atoms with van der Waals surface area (Å²) in [7, 11) is 4.69. The van der Waals surface area contributed by atoms with Gasteiger partial charge < -0.3 is 25.0 Å². The molecule has 1 atom stereocenters. The van der Waals surface area contributed by atoms with Crippen molar-refractivity contribution in [2.75, 3.05) is 46.2 Å². The molecule has 142 valence electrons. The fourth-order valence-electron chi connectivity index (χ4n) is 3.02. The predicted molar refractivity (Wildman–Crippen MR) is 104 cm³/mol. The van der Waals surface area contributed by atoms with E-state index in [-0.39, 0.29) is 11.1 Å². The van der Waals surface area contributed by atoms with Gasteiger partial charge in [-0.25, -0.2) is 9.59 Å². The van der Waals surface area contributed by atoms with Gasteiger partial charge in [0.25, 0.3) is 0 Å². The lowest BCUT2D eigenvalue weighted by Crippen LogP contribution is -2.40. The molecule has 7 nitrogen and oxygen atoms in total. The van der Waals surface area contributed by atoms with E-state index in [0.29, 0.717) is 16.7 Å². The van der Waals surface area contributed by atoms with Gasteiger partial charge in [0, 0.05) is 18.8 Å². The van der Waals surface area contributed by atoms with Crippen molar-refractivity contribution < 1.29 is 19.1 Å². The Morgan fingerprint density at radius 2 is 1.81 bits per heavy atom. The van der Waals surface area contributed by atoms with Gasteiger partial charge >= 0.3 is 11.9 Å². The number of nitrogens with one attached hydrogen (secondary N) is 2. The Labute approximate surface area is 159 Å². The normalized spacial score (nSPS) is 17.3. The smallest absolute Gasteiger partial charge is 0.337 e. The highest BCUT2D eigenvalue weighted by Gasteiger charge is 2.18. The molecule has 1 saturated heterocycles. The Morgan fingerprint density at radius 1 is 1.19 bits per heavy atom. The Balaban J connectivity index is 2.03. The molecule has 0 saturated carbocycles. The molecular weight excluding hydrogens is 354 g/mol. The number of hydrogen-bond acceptors (Lipinski definition) is 6. The largest absolute Gasteiger partial charge is 0.465 e. The molecule has 0 bridgehead atoms. The van der Waals surface area contributed by atoms with Crippen LogP contribution in [-0.2, 0) is 9.47 Å². The van der Waals surface area contributed by atoms with Gasteiger partial charge in [0.15, 0.2) is 5.11 Å². The summed E-state index contributed by atoms with van der Waals surface area (Å²) in [5.41, 5.74) is 1.01. The summed E-state index contributed by atoms with van der Waals surface area (Å²) >= 11 is 5.34. The van der Waals surface area contributed by atoms with E-state index < -0.39 is 11.9 Å². The van der Waals surface area contributed by atoms with Gasteiger partial charge in [0.2, 0.25) is 0 Å². The number of hydrogen-bond donors (Lipinski definition) is 2. The molecule has 2 rings (SSSR count). The Hall–Kier alpha value is -2.19. The average Bonchev–Trinajstić information content (AvgIpc) is 2.64. The monoisotopic (exact) mass is 379 g/mol. The number of ether oxygens (including phenoxy) is 2. The standard InChI is InChI=1S/C18H25N3O4S/c1-21-6-4-5-12(11-21)10-19-18(26)20-15-8-13(16(22)24-2)7-14(9-15)17(23)25-3/h7-9,12H,4-6,10-11H2,1-3H3,(H2,19,20,26)/t12-/m1/s1. The van der Waals surface area contributed by atoms with Crippen LogP contribution in [0.15, 0.2) is 18.2 Å². The maximum Gasteiger partial charge on any atom is 0.337 e. The molecule has 1 aliphatic heterocycles. The lowest BCUT2D eigenvalue weighted by molar-refractivity contribution is 0.0599. The van der Waals surface area contributed by atoms with Crippen LogP contribution in [0.5, 0.6) is 0 Å². The van der Waals surface area contributed by atoms with Crippen LogP contribution in [0.2, 0.25) is 0 Å². The lowest BCUT2D eigenvalue weighted by atomic mass is 9.99. The Morgan fingerprint density at radius 3 is 2.35 bits per heavy atom. The molecule has 1 fully saturated rings. The van der Waals surface area contributed by atoms with E-state index in [2.05, 4.69) is 22.6 Å². The predicted octanol–water partition coefficient (Wildman–Crippen LogP) is 1.89. The lowest BCUT2D eigenvalue weighted by Gasteiger charge is -2.30. The van der Waals surface area contributed by atoms with Gasteiger partial charge in [-0.1, -0.05) is 0 Å². The zero-order valence-corrected chi connectivity index (χ0v) is 16.1. The number of piperidine rings is 1. The summed E-state index contributed by atoms with van der Waals surface area (Å²) in [4.78, 5) is 26.0. The van der Waals surface area contributed by atoms with Crippen molar-refractivity contribution in [3.05, 3.63) is 29.3 Å². The second-order valence-corrected chi connectivity index (χ2v) is 6.80. The minimum absolute atomic E-state index is 0.245. The number of likely N-dealkylation sites (tertiary alicyclic amines) is 1. The first-order chi connectivity index (χ1) is 12.4. The fourth-order valence-corrected chi connectivity index (χ4v) is 3.22. The van der Waals surface area contributed by atoms with Crippen LogP contribution in [0.4, 0.5) is 5.69 Å². The number of methoxy groups -OCH3 is 2. The van der Waals surface area contributed by atoms with Crippen LogP contribution in [-0.4, -0.2) is 62.9 Å². The van der Waals surface area contributed by atoms with Gasteiger partial charge in [0.1, 0.15) is 0 Å². The van der Waals surface area contributed by atoms with E-state index >= 15 is 0 Å². The molecular formula is C18H25N3O4S. The molecule has 0 aliphatic carbocycles. The first-order valence-electron chi connectivity index (χ1n) is 8.48. The summed E-state index contributed by atoms with van der Waals surface area (Å²) in [5, 5.41) is 6.67. The number of anilines is 1. The van der Waals surface area contributed by atoms with Crippen molar-refractivity contribution in [1.29, 1.82) is 0 Å². The number of carbonyl (C=O) groups is 2. The second-order valence-electron chi connectivity index (χ2n) is 6.39. The van der Waals surface area contributed by atoms with Crippen LogP contribution in [0, 0.1) is 5.92 Å². The number of benzene rings is 1. The molecule has 1 aromatic carbocycles. The van der Waals surface area contributed by atoms with Crippen molar-refractivity contribution in [2.24, 2.45) is 5.92 Å². The third-order valence-corrected chi connectivity index (χ3v) is 4.55. The third kappa shape index (κ3) is 5.67. The summed E-state index contributed by atoms with van der Waals surface area (Å²) in [6.45, 7) is 2.95. The van der Waals surface area contributed by atoms with Gasteiger partial charge in [-0.2, -0.15) is 0 Å². The SMILES string of the molecule is COC(=O)c1cc(NC(=S)NC[C@H]2CCCN(C)C2)cc(C(=O)OC)c1. The van der Waals surface area contributed by atoms with Crippen LogP contribution >= 0.6 is 12.2 Å². The molecule has 1 aliphatic rings. The summed E-state index contributed by atoms with van der Waals surface area (Å²) in [6.07, 6.45) is 2.36. The highest BCUT2D eigenvalue weighted by atomic mass is 32.1. The highest BCUT2D eigenvalue weighted by molar-refractivity contribution is 7.80. The molecule has 1 aromatic rings. The van der Waals surface area contributed by atoms with Gasteiger partial charge in [0.05, 0.1) is 25.3 Å². The molecule has 26 heavy (non-hydrogen) atoms. The van der Waals surface area contributed by atoms with Crippen LogP contribution in [0.25, 0.3) is 0 Å². The van der Waals surface area contributed by atoms with Crippen LogP contribution < -0.4 is 10.6 Å². The van der Waals surface area contributed by atoms with Crippen molar-refractivity contribution in [2.45, 2.75) is 12.8 Å². The number of thiocarbonyl (C=S) groups is 1. The zero-order valence-electron chi connectivity index (χ0n) is 15.3. The van der Waals surface area contributed by atoms with Crippen molar-refractivity contribution in [3.63, 3.8) is 0 Å². The third-order valence-electron chi connectivity index (χ3n) is 4.31. The van der Waals surface area contributed by atoms with Gasteiger partial charge in [-0.3, -0.25) is 0 Å². The number of rotatable bonds is 5. The van der Waals surface area contributed by atoms with E-state index in [1.54, 1.807) is 12.1 Å². The second kappa shape index (κ2) is 9.49. The molecule has 0 radical (unpaired) electrons. The van der Waals surface area contributed by atoms with Gasteiger partial charge in [-0.15, -0.1) is 0 Å². The van der Waals surface area contributed by atoms with Crippen LogP contribution in [0.1, 0.15) is 33.6 Å². The van der Waals surface area contributed by atoms with Gasteiger partial charge in [-0.05, 0) is 62.8 Å². The zero-order chi connectivity index (χ0) is 19.1. The van der Waals surface area contributed by atoms with E-state index in [1.165, 1.54) is 33.1 Å². The van der Waals surface area contributed by atoms with Crippen LogP contribution in [0.3, 0.4) is 0 Å². The Bertz CT molecular complexity index is 646. The minimum atomic E-state index is -0.539. The van der Waals surface area contributed by atoms with E-state index in [9.17, 15) is 9.59 Å². The number of nitrogens with zero attached hydrogens (tertiary/aromatic N) is 1. The topological polar surface area (TPSA) is 79.9 Å². The fraction of sp³-hybridized carbons (Fsp3) is 0.500. The van der Waals surface area contributed by atoms with Crippen molar-refractivity contribution >= 4 is 35.0 Å². The van der Waals surface area contributed by atoms with Crippen molar-refractivity contribution in [1.82, 2.24) is 10.2 Å². The minimum Gasteiger partial charge on any atom is -0.465 e. The van der Waals surface area contributed by atoms with E-state index in [4.69, 9.17) is 21.7 Å². The molecule has 0 aromatic heterocycles. The molecule has 0 amide bonds. The van der Waals surface area contributed by atoms with E-state index in [0.717, 1.165) is 19.6 Å². The first kappa shape index (κ1) is 20.1. The summed E-state index contributed by atoms with van der Waals surface area (Å²) in [5.74, 6) is -0.536. The molecule has 1 heterocycles. The number of carbonyl (C=O) groups excluding carboxylic acids is 2. The Kier molecular flexibility index (Phi) is 7.35. The molecule has 0 spiro atoms. The maximum absolute atomic E-state index is 11.8. The molecule has 2 N–H and O–H groups in total. The molecule has 8 heteroatoms. The summed E-state index contributed by atoms with van der Waals surface area (Å²) < 4.78 is 9.46. The quantitative estimate of drug-likeness (QED) is 0.593.